The van der Waals surface area contributed by atoms with Crippen molar-refractivity contribution in [3.8, 4) is 0 Å². The average Bonchev–Trinajstić information content (AvgIpc) is 2.83. The van der Waals surface area contributed by atoms with Crippen molar-refractivity contribution in [1.82, 2.24) is 5.32 Å². The van der Waals surface area contributed by atoms with E-state index in [-0.39, 0.29) is 0 Å². The number of aryl methyl sites for hydroxylation is 2. The summed E-state index contributed by atoms with van der Waals surface area (Å²) in [7, 11) is 0. The summed E-state index contributed by atoms with van der Waals surface area (Å²) in [6, 6.07) is 7.76. The Morgan fingerprint density at radius 3 is 2.78 bits per heavy atom. The lowest BCUT2D eigenvalue weighted by atomic mass is 10.0. The lowest BCUT2D eigenvalue weighted by Crippen LogP contribution is -2.32. The van der Waals surface area contributed by atoms with Crippen molar-refractivity contribution in [2.75, 3.05) is 13.2 Å². The SMILES string of the molecule is CCOCC(C)NC(C)c1ccc2c(c1)CCC2. The van der Waals surface area contributed by atoms with Gasteiger partial charge in [0.15, 0.2) is 0 Å². The monoisotopic (exact) mass is 247 g/mol. The average molecular weight is 247 g/mol. The molecule has 0 heterocycles. The summed E-state index contributed by atoms with van der Waals surface area (Å²) in [5.74, 6) is 0. The van der Waals surface area contributed by atoms with Gasteiger partial charge in [-0.3, -0.25) is 0 Å². The van der Waals surface area contributed by atoms with Gasteiger partial charge >= 0.3 is 0 Å². The Kier molecular flexibility index (Phi) is 4.79. The molecule has 1 aliphatic carbocycles. The van der Waals surface area contributed by atoms with Gasteiger partial charge in [-0.15, -0.1) is 0 Å². The lowest BCUT2D eigenvalue weighted by molar-refractivity contribution is 0.124. The quantitative estimate of drug-likeness (QED) is 0.833. The molecule has 0 aliphatic heterocycles. The van der Waals surface area contributed by atoms with E-state index < -0.39 is 0 Å². The number of ether oxygens (including phenoxy) is 1. The van der Waals surface area contributed by atoms with Gasteiger partial charge in [-0.05, 0) is 56.7 Å². The van der Waals surface area contributed by atoms with Crippen LogP contribution < -0.4 is 5.32 Å². The molecule has 1 aromatic rings. The Hall–Kier alpha value is -0.860. The van der Waals surface area contributed by atoms with E-state index in [1.54, 1.807) is 11.1 Å². The van der Waals surface area contributed by atoms with Crippen LogP contribution in [0, 0.1) is 0 Å². The number of fused-ring (bicyclic) bond motifs is 1. The van der Waals surface area contributed by atoms with E-state index in [9.17, 15) is 0 Å². The van der Waals surface area contributed by atoms with Crippen LogP contribution in [0.15, 0.2) is 18.2 Å². The number of rotatable bonds is 6. The Bertz CT molecular complexity index is 389. The highest BCUT2D eigenvalue weighted by molar-refractivity contribution is 5.36. The minimum atomic E-state index is 0.395. The number of hydrogen-bond donors (Lipinski definition) is 1. The van der Waals surface area contributed by atoms with E-state index in [0.29, 0.717) is 12.1 Å². The largest absolute Gasteiger partial charge is 0.380 e. The fourth-order valence-corrected chi connectivity index (χ4v) is 2.73. The Labute approximate surface area is 111 Å². The van der Waals surface area contributed by atoms with E-state index in [0.717, 1.165) is 13.2 Å². The highest BCUT2D eigenvalue weighted by Crippen LogP contribution is 2.25. The topological polar surface area (TPSA) is 21.3 Å². The van der Waals surface area contributed by atoms with Gasteiger partial charge < -0.3 is 10.1 Å². The van der Waals surface area contributed by atoms with Crippen molar-refractivity contribution < 1.29 is 4.74 Å². The number of nitrogens with one attached hydrogen (secondary N) is 1. The van der Waals surface area contributed by atoms with Crippen LogP contribution in [0.5, 0.6) is 0 Å². The first-order chi connectivity index (χ1) is 8.70. The summed E-state index contributed by atoms with van der Waals surface area (Å²) in [5, 5.41) is 3.60. The number of hydrogen-bond acceptors (Lipinski definition) is 2. The van der Waals surface area contributed by atoms with Crippen LogP contribution >= 0.6 is 0 Å². The molecule has 1 aromatic carbocycles. The molecular formula is C16H25NO. The molecule has 0 saturated carbocycles. The first-order valence-corrected chi connectivity index (χ1v) is 7.16. The van der Waals surface area contributed by atoms with Crippen LogP contribution in [0.25, 0.3) is 0 Å². The molecule has 2 heteroatoms. The highest BCUT2D eigenvalue weighted by atomic mass is 16.5. The van der Waals surface area contributed by atoms with Gasteiger partial charge in [0.2, 0.25) is 0 Å². The Balaban J connectivity index is 1.94. The summed E-state index contributed by atoms with van der Waals surface area (Å²) in [6.07, 6.45) is 3.84. The fourth-order valence-electron chi connectivity index (χ4n) is 2.73. The van der Waals surface area contributed by atoms with Crippen LogP contribution in [0.2, 0.25) is 0 Å². The summed E-state index contributed by atoms with van der Waals surface area (Å²) in [6.45, 7) is 8.03. The predicted molar refractivity (Wildman–Crippen MR) is 76.0 cm³/mol. The maximum absolute atomic E-state index is 5.44. The van der Waals surface area contributed by atoms with Crippen molar-refractivity contribution in [3.63, 3.8) is 0 Å². The minimum Gasteiger partial charge on any atom is -0.380 e. The summed E-state index contributed by atoms with van der Waals surface area (Å²) < 4.78 is 5.44. The second-order valence-corrected chi connectivity index (χ2v) is 5.33. The van der Waals surface area contributed by atoms with Crippen LogP contribution in [0.3, 0.4) is 0 Å². The molecule has 1 aliphatic rings. The van der Waals surface area contributed by atoms with Crippen LogP contribution in [-0.2, 0) is 17.6 Å². The Morgan fingerprint density at radius 1 is 1.22 bits per heavy atom. The molecule has 0 saturated heterocycles. The molecule has 100 valence electrons. The second kappa shape index (κ2) is 6.35. The van der Waals surface area contributed by atoms with Gasteiger partial charge in [0.1, 0.15) is 0 Å². The van der Waals surface area contributed by atoms with Gasteiger partial charge in [0, 0.05) is 18.7 Å². The zero-order valence-corrected chi connectivity index (χ0v) is 11.8. The molecule has 0 spiro atoms. The molecule has 18 heavy (non-hydrogen) atoms. The zero-order chi connectivity index (χ0) is 13.0. The van der Waals surface area contributed by atoms with Crippen molar-refractivity contribution >= 4 is 0 Å². The summed E-state index contributed by atoms with van der Waals surface area (Å²) in [5.41, 5.74) is 4.51. The maximum atomic E-state index is 5.44. The molecule has 2 unspecified atom stereocenters. The summed E-state index contributed by atoms with van der Waals surface area (Å²) in [4.78, 5) is 0. The smallest absolute Gasteiger partial charge is 0.0616 e. The van der Waals surface area contributed by atoms with E-state index in [4.69, 9.17) is 4.74 Å². The van der Waals surface area contributed by atoms with E-state index in [1.165, 1.54) is 24.8 Å². The van der Waals surface area contributed by atoms with Crippen LogP contribution in [0.4, 0.5) is 0 Å². The molecule has 0 fully saturated rings. The van der Waals surface area contributed by atoms with Crippen molar-refractivity contribution in [2.24, 2.45) is 0 Å². The highest BCUT2D eigenvalue weighted by Gasteiger charge is 2.14. The maximum Gasteiger partial charge on any atom is 0.0616 e. The molecule has 2 nitrogen and oxygen atoms in total. The molecule has 2 atom stereocenters. The fraction of sp³-hybridized carbons (Fsp3) is 0.625. The normalized spacial score (nSPS) is 17.5. The van der Waals surface area contributed by atoms with E-state index in [2.05, 4.69) is 37.4 Å². The molecule has 2 rings (SSSR count). The van der Waals surface area contributed by atoms with Gasteiger partial charge in [-0.25, -0.2) is 0 Å². The zero-order valence-electron chi connectivity index (χ0n) is 11.8. The van der Waals surface area contributed by atoms with Gasteiger partial charge in [-0.2, -0.15) is 0 Å². The third-order valence-electron chi connectivity index (χ3n) is 3.73. The van der Waals surface area contributed by atoms with Crippen LogP contribution in [-0.4, -0.2) is 19.3 Å². The van der Waals surface area contributed by atoms with E-state index in [1.807, 2.05) is 6.92 Å². The molecule has 0 bridgehead atoms. The molecule has 0 aromatic heterocycles. The third-order valence-corrected chi connectivity index (χ3v) is 3.73. The first kappa shape index (κ1) is 13.6. The first-order valence-electron chi connectivity index (χ1n) is 7.16. The standard InChI is InChI=1S/C16H25NO/c1-4-18-11-12(2)17-13(3)15-9-8-14-6-5-7-16(14)10-15/h8-10,12-13,17H,4-7,11H2,1-3H3. The minimum absolute atomic E-state index is 0.395. The Morgan fingerprint density at radius 2 is 2.00 bits per heavy atom. The predicted octanol–water partition coefficient (Wildman–Crippen LogP) is 3.25. The van der Waals surface area contributed by atoms with Crippen molar-refractivity contribution in [3.05, 3.63) is 34.9 Å². The van der Waals surface area contributed by atoms with Gasteiger partial charge in [-0.1, -0.05) is 18.2 Å². The lowest BCUT2D eigenvalue weighted by Gasteiger charge is -2.21. The van der Waals surface area contributed by atoms with Gasteiger partial charge in [0.25, 0.3) is 0 Å². The summed E-state index contributed by atoms with van der Waals surface area (Å²) >= 11 is 0. The molecular weight excluding hydrogens is 222 g/mol. The number of benzene rings is 1. The molecule has 0 amide bonds. The molecule has 1 N–H and O–H groups in total. The van der Waals surface area contributed by atoms with Crippen LogP contribution in [0.1, 0.15) is 49.9 Å². The van der Waals surface area contributed by atoms with Crippen molar-refractivity contribution in [1.29, 1.82) is 0 Å². The van der Waals surface area contributed by atoms with E-state index >= 15 is 0 Å². The van der Waals surface area contributed by atoms with Gasteiger partial charge in [0.05, 0.1) is 6.61 Å². The second-order valence-electron chi connectivity index (χ2n) is 5.33. The molecule has 0 radical (unpaired) electrons. The third kappa shape index (κ3) is 3.33. The van der Waals surface area contributed by atoms with Crippen molar-refractivity contribution in [2.45, 2.75) is 52.1 Å².